The number of aliphatic hydroxyl groups is 2. The molecule has 0 radical (unpaired) electrons. The first kappa shape index (κ1) is 60.7. The maximum atomic E-state index is 14.1. The van der Waals surface area contributed by atoms with Gasteiger partial charge in [-0.1, -0.05) is 56.4 Å². The van der Waals surface area contributed by atoms with Crippen LogP contribution in [0.15, 0.2) is 34.6 Å². The van der Waals surface area contributed by atoms with E-state index in [4.69, 9.17) is 49.6 Å². The number of carbonyl (C=O) groups excluding carboxylic acids is 8. The zero-order valence-corrected chi connectivity index (χ0v) is 46.2. The maximum absolute atomic E-state index is 14.1. The summed E-state index contributed by atoms with van der Waals surface area (Å²) < 4.78 is 40.6. The average Bonchev–Trinajstić information content (AvgIpc) is 3.99. The summed E-state index contributed by atoms with van der Waals surface area (Å²) in [5.41, 5.74) is -1.93. The number of methoxy groups -OCH3 is 2. The molecule has 1 saturated carbocycles. The van der Waals surface area contributed by atoms with Gasteiger partial charge in [0.05, 0.1) is 37.3 Å². The summed E-state index contributed by atoms with van der Waals surface area (Å²) in [6.45, 7) is 5.99. The summed E-state index contributed by atoms with van der Waals surface area (Å²) in [5, 5.41) is 29.4. The summed E-state index contributed by atoms with van der Waals surface area (Å²) in [6.07, 6.45) is 4.40. The summed E-state index contributed by atoms with van der Waals surface area (Å²) in [7, 11) is 5.68. The Balaban J connectivity index is 1.11. The van der Waals surface area contributed by atoms with Crippen molar-refractivity contribution in [2.75, 3.05) is 41.5 Å². The zero-order valence-electron chi connectivity index (χ0n) is 45.5. The first-order valence-electron chi connectivity index (χ1n) is 26.7. The number of esters is 1. The summed E-state index contributed by atoms with van der Waals surface area (Å²) in [4.78, 5) is 112. The molecule has 3 saturated heterocycles. The van der Waals surface area contributed by atoms with Crippen LogP contribution in [-0.2, 0) is 62.0 Å². The third-order valence-corrected chi connectivity index (χ3v) is 16.1. The predicted octanol–water partition coefficient (Wildman–Crippen LogP) is 5.18. The average molecular weight is 1110 g/mol. The number of hydrogen-bond donors (Lipinski definition) is 4. The highest BCUT2D eigenvalue weighted by Gasteiger charge is 2.64. The van der Waals surface area contributed by atoms with E-state index in [-0.39, 0.29) is 43.9 Å². The smallest absolute Gasteiger partial charge is 0.410 e. The Morgan fingerprint density at radius 1 is 0.961 bits per heavy atom. The van der Waals surface area contributed by atoms with Crippen molar-refractivity contribution < 1.29 is 86.6 Å². The molecule has 0 aromatic heterocycles. The van der Waals surface area contributed by atoms with Gasteiger partial charge in [-0.25, -0.2) is 24.0 Å². The van der Waals surface area contributed by atoms with Crippen molar-refractivity contribution in [3.8, 4) is 0 Å². The van der Waals surface area contributed by atoms with Crippen LogP contribution < -0.4 is 10.6 Å². The Labute approximate surface area is 454 Å². The predicted molar refractivity (Wildman–Crippen MR) is 272 cm³/mol. The topological polar surface area (TPSA) is 288 Å². The van der Waals surface area contributed by atoms with Crippen molar-refractivity contribution in [3.63, 3.8) is 0 Å². The minimum Gasteiger partial charge on any atom is -0.496 e. The van der Waals surface area contributed by atoms with Crippen LogP contribution in [-0.4, -0.2) is 175 Å². The number of nitrogens with one attached hydrogen (secondary N) is 2. The fourth-order valence-corrected chi connectivity index (χ4v) is 11.1. The number of hydroxylamine groups is 2. The van der Waals surface area contributed by atoms with Gasteiger partial charge in [0.25, 0.3) is 11.8 Å². The molecule has 3 aliphatic carbocycles. The summed E-state index contributed by atoms with van der Waals surface area (Å²) >= 11 is 6.89. The molecule has 6 amide bonds. The Kier molecular flexibility index (Phi) is 21.2. The number of imide groups is 1. The van der Waals surface area contributed by atoms with Crippen LogP contribution in [0.5, 0.6) is 0 Å². The lowest BCUT2D eigenvalue weighted by Crippen LogP contribution is -2.64. The molecule has 23 nitrogen and oxygen atoms in total. The van der Waals surface area contributed by atoms with Gasteiger partial charge in [-0.05, 0) is 83.3 Å². The van der Waals surface area contributed by atoms with Crippen molar-refractivity contribution in [2.45, 2.75) is 190 Å². The summed E-state index contributed by atoms with van der Waals surface area (Å²) in [6, 6.07) is -2.90. The number of halogens is 1. The molecular formula is C53H78ClN5O18. The lowest BCUT2D eigenvalue weighted by Gasteiger charge is -2.43. The molecular weight excluding hydrogens is 1030 g/mol. The molecule has 0 aromatic rings. The van der Waals surface area contributed by atoms with Gasteiger partial charge in [-0.3, -0.25) is 19.7 Å². The van der Waals surface area contributed by atoms with Gasteiger partial charge in [0.2, 0.25) is 5.91 Å². The number of likely N-dealkylation sites (N-methyl/N-ethyl adjacent to an activating group) is 2. The van der Waals surface area contributed by atoms with Crippen LogP contribution in [0, 0.1) is 17.8 Å². The summed E-state index contributed by atoms with van der Waals surface area (Å²) in [5.74, 6) is -4.48. The highest BCUT2D eigenvalue weighted by atomic mass is 35.5. The molecule has 24 heteroatoms. The van der Waals surface area contributed by atoms with Gasteiger partial charge >= 0.3 is 30.2 Å². The fraction of sp³-hybridized carbons (Fsp3) is 0.736. The van der Waals surface area contributed by atoms with Crippen LogP contribution in [0.3, 0.4) is 0 Å². The SMILES string of the molecule is COC1=C(Cl)C2CC(=C1)CC(C)CCC[C@@H](OC)[C@@]1(O)C[C@H](OC(=O)N1)[C@@H](C)[C@@H]1O[C@@]1(C)[C@@H](OC(=O)[C@H](C)N(C)C(=O)CCOC(=O)NC(CN(C)C(=O)OC1/C=C/CCCCC1)C(=O)ON1C(=O)CCC1=O)CC(O)C2. The number of epoxide rings is 1. The minimum absolute atomic E-state index is 0.0344. The fourth-order valence-electron chi connectivity index (χ4n) is 10.8. The van der Waals surface area contributed by atoms with Crippen molar-refractivity contribution >= 4 is 59.5 Å². The number of carbonyl (C=O) groups is 8. The molecule has 6 aliphatic rings. The van der Waals surface area contributed by atoms with Gasteiger partial charge < -0.3 is 63.3 Å². The van der Waals surface area contributed by atoms with Crippen LogP contribution >= 0.6 is 11.6 Å². The van der Waals surface area contributed by atoms with Crippen molar-refractivity contribution in [2.24, 2.45) is 17.8 Å². The van der Waals surface area contributed by atoms with E-state index in [0.717, 1.165) is 47.5 Å². The van der Waals surface area contributed by atoms with E-state index in [1.807, 2.05) is 12.2 Å². The molecule has 0 aromatic carbocycles. The standard InChI is InChI=1S/C53H78ClN5O18/c1-30-15-14-18-40(71-8)53(69)28-39(74-50(67)56-53)31(2)46-52(4,76-46)41(27-35(60)26-34-24-33(23-30)25-38(70-7)45(34)54)75-47(64)32(3)58(6)42(61)21-22-72-49(66)55-37(48(65)77-59-43(62)19-20-44(59)63)29-57(5)51(68)73-36-16-12-10-9-11-13-17-36/h12,16,25,30-32,34-37,39-41,46,60,69H,9-11,13-15,17-24,26-29H2,1-8H3,(H,55,66)(H,56,67)/b16-12+/t30?,31-,32+,34?,35?,36?,37?,39+,40-,41+,46+,52+,53+/m1/s1. The quantitative estimate of drug-likeness (QED) is 0.0573. The lowest BCUT2D eigenvalue weighted by atomic mass is 9.81. The number of ether oxygens (including phenoxy) is 7. The second-order valence-corrected chi connectivity index (χ2v) is 21.9. The van der Waals surface area contributed by atoms with E-state index in [2.05, 4.69) is 17.6 Å². The van der Waals surface area contributed by atoms with E-state index in [9.17, 15) is 48.6 Å². The van der Waals surface area contributed by atoms with Crippen molar-refractivity contribution in [3.05, 3.63) is 34.6 Å². The third-order valence-electron chi connectivity index (χ3n) is 15.6. The van der Waals surface area contributed by atoms with Crippen molar-refractivity contribution in [1.82, 2.24) is 25.5 Å². The van der Waals surface area contributed by atoms with E-state index < -0.39 is 133 Å². The number of hydrogen-bond acceptors (Lipinski definition) is 18. The molecule has 430 valence electrons. The van der Waals surface area contributed by atoms with Crippen LogP contribution in [0.4, 0.5) is 14.4 Å². The number of nitrogens with zero attached hydrogens (tertiary/aromatic N) is 3. The number of aliphatic hydroxyl groups excluding tert-OH is 1. The Morgan fingerprint density at radius 3 is 2.39 bits per heavy atom. The molecule has 3 aliphatic heterocycles. The third kappa shape index (κ3) is 15.8. The van der Waals surface area contributed by atoms with E-state index in [1.54, 1.807) is 19.9 Å². The number of fused-ring (bicyclic) bond motifs is 5. The molecule has 77 heavy (non-hydrogen) atoms. The van der Waals surface area contributed by atoms with Crippen LogP contribution in [0.1, 0.15) is 130 Å². The molecule has 13 atom stereocenters. The Bertz CT molecular complexity index is 2260. The Morgan fingerprint density at radius 2 is 1.69 bits per heavy atom. The van der Waals surface area contributed by atoms with E-state index >= 15 is 0 Å². The Hall–Kier alpha value is -5.49. The number of rotatable bonds is 14. The minimum atomic E-state index is -1.77. The maximum Gasteiger partial charge on any atom is 0.410 e. The van der Waals surface area contributed by atoms with Gasteiger partial charge in [0.15, 0.2) is 5.72 Å². The number of amides is 6. The van der Waals surface area contributed by atoms with Crippen molar-refractivity contribution in [1.29, 1.82) is 0 Å². The first-order chi connectivity index (χ1) is 36.5. The lowest BCUT2D eigenvalue weighted by molar-refractivity contribution is -0.199. The molecule has 4 bridgehead atoms. The zero-order chi connectivity index (χ0) is 56.4. The molecule has 4 N–H and O–H groups in total. The first-order valence-corrected chi connectivity index (χ1v) is 27.1. The van der Waals surface area contributed by atoms with E-state index in [1.165, 1.54) is 35.2 Å². The molecule has 4 fully saturated rings. The van der Waals surface area contributed by atoms with Crippen LogP contribution in [0.25, 0.3) is 0 Å². The second kappa shape index (κ2) is 26.9. The highest BCUT2D eigenvalue weighted by Crippen LogP contribution is 2.50. The highest BCUT2D eigenvalue weighted by molar-refractivity contribution is 6.30. The van der Waals surface area contributed by atoms with Gasteiger partial charge in [0, 0.05) is 58.7 Å². The number of alkyl carbamates (subject to hydrolysis) is 2. The second-order valence-electron chi connectivity index (χ2n) is 21.5. The van der Waals surface area contributed by atoms with E-state index in [0.29, 0.717) is 48.0 Å². The van der Waals surface area contributed by atoms with Gasteiger partial charge in [0.1, 0.15) is 54.5 Å². The van der Waals surface area contributed by atoms with Crippen LogP contribution in [0.2, 0.25) is 0 Å². The molecule has 0 spiro atoms. The molecule has 5 unspecified atom stereocenters. The largest absolute Gasteiger partial charge is 0.496 e. The van der Waals surface area contributed by atoms with Gasteiger partial charge in [-0.2, -0.15) is 0 Å². The van der Waals surface area contributed by atoms with Gasteiger partial charge in [-0.15, -0.1) is 5.06 Å². The molecule has 6 rings (SSSR count). The number of allylic oxidation sites excluding steroid dienone is 4. The normalized spacial score (nSPS) is 32.2. The molecule has 3 heterocycles. The monoisotopic (exact) mass is 1110 g/mol.